The van der Waals surface area contributed by atoms with E-state index in [2.05, 4.69) is 20.9 Å². The van der Waals surface area contributed by atoms with Crippen LogP contribution < -0.4 is 5.32 Å². The number of alkyl halides is 6. The molecule has 3 nitrogen and oxygen atoms in total. The van der Waals surface area contributed by atoms with Gasteiger partial charge in [0.2, 0.25) is 11.8 Å². The predicted octanol–water partition coefficient (Wildman–Crippen LogP) is 3.52. The molecule has 0 aliphatic carbocycles. The van der Waals surface area contributed by atoms with Gasteiger partial charge in [-0.05, 0) is 28.1 Å². The molecule has 0 bridgehead atoms. The molecule has 1 aromatic heterocycles. The van der Waals surface area contributed by atoms with E-state index in [1.807, 2.05) is 0 Å². The molecular weight excluding hydrogens is 346 g/mol. The number of aromatic nitrogens is 1. The molecule has 0 radical (unpaired) electrons. The van der Waals surface area contributed by atoms with Gasteiger partial charge in [-0.15, -0.1) is 0 Å². The molecule has 0 aliphatic heterocycles. The molecule has 1 N–H and O–H groups in total. The van der Waals surface area contributed by atoms with Crippen molar-refractivity contribution in [2.24, 2.45) is 5.92 Å². The molecule has 1 amide bonds. The van der Waals surface area contributed by atoms with Crippen molar-refractivity contribution >= 4 is 27.7 Å². The molecule has 1 heterocycles. The number of hydrogen-bond acceptors (Lipinski definition) is 2. The summed E-state index contributed by atoms with van der Waals surface area (Å²) >= 11 is 2.84. The summed E-state index contributed by atoms with van der Waals surface area (Å²) in [6.07, 6.45) is -10.4. The fourth-order valence-electron chi connectivity index (χ4n) is 1.15. The first-order valence-corrected chi connectivity index (χ1v) is 5.37. The maximum Gasteiger partial charge on any atom is 0.409 e. The Hall–Kier alpha value is -1.32. The minimum absolute atomic E-state index is 0.0615. The average molecular weight is 351 g/mol. The first kappa shape index (κ1) is 15.7. The third-order valence-electron chi connectivity index (χ3n) is 1.92. The van der Waals surface area contributed by atoms with E-state index in [0.717, 1.165) is 6.20 Å². The van der Waals surface area contributed by atoms with Gasteiger partial charge in [-0.25, -0.2) is 4.98 Å². The van der Waals surface area contributed by atoms with Crippen molar-refractivity contribution in [2.75, 3.05) is 5.32 Å². The smallest absolute Gasteiger partial charge is 0.309 e. The minimum atomic E-state index is -5.73. The molecule has 1 rings (SSSR count). The fourth-order valence-corrected chi connectivity index (χ4v) is 1.50. The van der Waals surface area contributed by atoms with E-state index in [-0.39, 0.29) is 4.47 Å². The van der Waals surface area contributed by atoms with Gasteiger partial charge in [0, 0.05) is 6.20 Å². The number of hydrogen-bond donors (Lipinski definition) is 1. The highest BCUT2D eigenvalue weighted by molar-refractivity contribution is 9.10. The average Bonchev–Trinajstić information content (AvgIpc) is 2.16. The molecular formula is C9H5BrF6N2O. The lowest BCUT2D eigenvalue weighted by Gasteiger charge is -2.21. The molecule has 0 unspecified atom stereocenters. The van der Waals surface area contributed by atoms with Crippen LogP contribution in [0.25, 0.3) is 0 Å². The van der Waals surface area contributed by atoms with E-state index in [1.165, 1.54) is 17.4 Å². The topological polar surface area (TPSA) is 42.0 Å². The summed E-state index contributed by atoms with van der Waals surface area (Å²) in [7, 11) is 0. The third kappa shape index (κ3) is 4.08. The lowest BCUT2D eigenvalue weighted by atomic mass is 10.1. The van der Waals surface area contributed by atoms with Crippen molar-refractivity contribution in [1.82, 2.24) is 4.98 Å². The predicted molar refractivity (Wildman–Crippen MR) is 56.2 cm³/mol. The lowest BCUT2D eigenvalue weighted by molar-refractivity contribution is -0.272. The van der Waals surface area contributed by atoms with Gasteiger partial charge in [-0.2, -0.15) is 26.3 Å². The number of nitrogens with zero attached hydrogens (tertiary/aromatic N) is 1. The second kappa shape index (κ2) is 5.35. The first-order valence-electron chi connectivity index (χ1n) is 4.58. The Morgan fingerprint density at radius 3 is 2.16 bits per heavy atom. The van der Waals surface area contributed by atoms with Crippen LogP contribution in [0, 0.1) is 5.92 Å². The van der Waals surface area contributed by atoms with Crippen LogP contribution in [0.2, 0.25) is 0 Å². The highest BCUT2D eigenvalue weighted by Gasteiger charge is 2.61. The SMILES string of the molecule is O=C(Nc1ncccc1Br)C(C(F)(F)F)C(F)(F)F. The third-order valence-corrected chi connectivity index (χ3v) is 2.56. The Kier molecular flexibility index (Phi) is 4.43. The number of amides is 1. The number of nitrogens with one attached hydrogen (secondary N) is 1. The van der Waals surface area contributed by atoms with Crippen LogP contribution in [0.15, 0.2) is 22.8 Å². The summed E-state index contributed by atoms with van der Waals surface area (Å²) in [5.41, 5.74) is 0. The van der Waals surface area contributed by atoms with Gasteiger partial charge in [0.25, 0.3) is 0 Å². The van der Waals surface area contributed by atoms with Gasteiger partial charge >= 0.3 is 12.4 Å². The van der Waals surface area contributed by atoms with Crippen molar-refractivity contribution in [3.63, 3.8) is 0 Å². The lowest BCUT2D eigenvalue weighted by Crippen LogP contribution is -2.45. The van der Waals surface area contributed by atoms with Crippen molar-refractivity contribution < 1.29 is 31.1 Å². The van der Waals surface area contributed by atoms with Gasteiger partial charge < -0.3 is 5.32 Å². The van der Waals surface area contributed by atoms with Gasteiger partial charge in [0.15, 0.2) is 0 Å². The quantitative estimate of drug-likeness (QED) is 0.829. The van der Waals surface area contributed by atoms with Crippen LogP contribution in [-0.4, -0.2) is 23.2 Å². The first-order chi connectivity index (χ1) is 8.53. The van der Waals surface area contributed by atoms with Crippen LogP contribution in [0.3, 0.4) is 0 Å². The molecule has 106 valence electrons. The van der Waals surface area contributed by atoms with Gasteiger partial charge in [0.05, 0.1) is 4.47 Å². The maximum absolute atomic E-state index is 12.3. The zero-order valence-electron chi connectivity index (χ0n) is 8.81. The summed E-state index contributed by atoms with van der Waals surface area (Å²) in [6, 6.07) is 2.68. The van der Waals surface area contributed by atoms with E-state index in [0.29, 0.717) is 0 Å². The van der Waals surface area contributed by atoms with Gasteiger partial charge in [-0.3, -0.25) is 4.79 Å². The molecule has 0 saturated carbocycles. The number of pyridine rings is 1. The molecule has 10 heteroatoms. The van der Waals surface area contributed by atoms with Crippen molar-refractivity contribution in [3.8, 4) is 0 Å². The molecule has 1 aromatic rings. The molecule has 0 atom stereocenters. The zero-order valence-corrected chi connectivity index (χ0v) is 10.4. The van der Waals surface area contributed by atoms with E-state index >= 15 is 0 Å². The van der Waals surface area contributed by atoms with E-state index in [1.54, 1.807) is 0 Å². The Balaban J connectivity index is 3.01. The van der Waals surface area contributed by atoms with Crippen LogP contribution in [0.1, 0.15) is 0 Å². The highest BCUT2D eigenvalue weighted by atomic mass is 79.9. The van der Waals surface area contributed by atoms with Crippen molar-refractivity contribution in [1.29, 1.82) is 0 Å². The molecule has 0 spiro atoms. The van der Waals surface area contributed by atoms with E-state index in [9.17, 15) is 31.1 Å². The number of rotatable bonds is 2. The Morgan fingerprint density at radius 2 is 1.74 bits per heavy atom. The minimum Gasteiger partial charge on any atom is -0.309 e. The van der Waals surface area contributed by atoms with Crippen molar-refractivity contribution in [2.45, 2.75) is 12.4 Å². The normalized spacial score (nSPS) is 12.6. The highest BCUT2D eigenvalue weighted by Crippen LogP contribution is 2.40. The van der Waals surface area contributed by atoms with Crippen LogP contribution >= 0.6 is 15.9 Å². The number of halogens is 7. The molecule has 0 fully saturated rings. The molecule has 19 heavy (non-hydrogen) atoms. The Labute approximate surface area is 111 Å². The summed E-state index contributed by atoms with van der Waals surface area (Å²) in [6.45, 7) is 0. The van der Waals surface area contributed by atoms with Crippen molar-refractivity contribution in [3.05, 3.63) is 22.8 Å². The fraction of sp³-hybridized carbons (Fsp3) is 0.333. The summed E-state index contributed by atoms with van der Waals surface area (Å²) in [5.74, 6) is -6.76. The summed E-state index contributed by atoms with van der Waals surface area (Å²) in [4.78, 5) is 14.6. The van der Waals surface area contributed by atoms with Crippen LogP contribution in [0.5, 0.6) is 0 Å². The van der Waals surface area contributed by atoms with Gasteiger partial charge in [-0.1, -0.05) is 0 Å². The molecule has 0 aromatic carbocycles. The summed E-state index contributed by atoms with van der Waals surface area (Å²) < 4.78 is 73.6. The van der Waals surface area contributed by atoms with E-state index < -0.39 is 30.0 Å². The number of carbonyl (C=O) groups is 1. The standard InChI is InChI=1S/C9H5BrF6N2O/c10-4-2-1-3-17-6(4)18-7(19)5(8(11,12)13)9(14,15)16/h1-3,5H,(H,17,18,19). The molecule has 0 saturated heterocycles. The monoisotopic (exact) mass is 350 g/mol. The second-order valence-electron chi connectivity index (χ2n) is 3.34. The van der Waals surface area contributed by atoms with E-state index in [4.69, 9.17) is 0 Å². The zero-order chi connectivity index (χ0) is 14.8. The Morgan fingerprint density at radius 1 is 1.21 bits per heavy atom. The number of anilines is 1. The molecule has 0 aliphatic rings. The van der Waals surface area contributed by atoms with Crippen LogP contribution in [-0.2, 0) is 4.79 Å². The summed E-state index contributed by atoms with van der Waals surface area (Å²) in [5, 5.41) is 1.49. The maximum atomic E-state index is 12.3. The number of carbonyl (C=O) groups excluding carboxylic acids is 1. The largest absolute Gasteiger partial charge is 0.409 e. The Bertz CT molecular complexity index is 459. The van der Waals surface area contributed by atoms with Crippen LogP contribution in [0.4, 0.5) is 32.2 Å². The van der Waals surface area contributed by atoms with Gasteiger partial charge in [0.1, 0.15) is 5.82 Å². The second-order valence-corrected chi connectivity index (χ2v) is 4.19.